The maximum Gasteiger partial charge on any atom is 1.00 e. The molecule has 0 aliphatic heterocycles. The number of hydrogen-bond acceptors (Lipinski definition) is 5. The summed E-state index contributed by atoms with van der Waals surface area (Å²) in [6.45, 7) is 0. The first-order valence-electron chi connectivity index (χ1n) is 0.730. The first kappa shape index (κ1) is 22.7. The zero-order chi connectivity index (χ0) is 5.41. The van der Waals surface area contributed by atoms with E-state index >= 15 is 0 Å². The number of rotatable bonds is 0. The first-order valence-corrected chi connectivity index (χ1v) is 1.46. The molecule has 0 spiro atoms. The minimum Gasteiger partial charge on any atom is -0.772 e. The van der Waals surface area contributed by atoms with Crippen LogP contribution in [0.4, 0.5) is 0 Å². The molecule has 0 rings (SSSR count). The minimum absolute atomic E-state index is 0. The molecule has 8 heteroatoms. The van der Waals surface area contributed by atoms with Gasteiger partial charge in [0.15, 0.2) is 0 Å². The standard InChI is InChI=1S/HNO2.2Na.HO2P/c2-1-3;;;1-3-2/h(H,2,3);;;(H,1,2)/q;2*+1;/p-2. The molecule has 0 aliphatic carbocycles. The van der Waals surface area contributed by atoms with E-state index in [0.717, 1.165) is 5.34 Å². The van der Waals surface area contributed by atoms with Crippen LogP contribution in [0.3, 0.4) is 0 Å². The molecular formula is NNa2O4P. The van der Waals surface area contributed by atoms with Crippen molar-refractivity contribution in [3.63, 3.8) is 0 Å². The van der Waals surface area contributed by atoms with E-state index in [1.54, 1.807) is 0 Å². The van der Waals surface area contributed by atoms with Crippen molar-refractivity contribution in [2.45, 2.75) is 0 Å². The molecule has 8 heavy (non-hydrogen) atoms. The molecular weight excluding hydrogens is 155 g/mol. The van der Waals surface area contributed by atoms with Crippen LogP contribution in [0.15, 0.2) is 5.34 Å². The van der Waals surface area contributed by atoms with E-state index in [4.69, 9.17) is 19.6 Å². The van der Waals surface area contributed by atoms with Gasteiger partial charge in [-0.1, -0.05) is 0 Å². The summed E-state index contributed by atoms with van der Waals surface area (Å²) in [4.78, 5) is 16.3. The summed E-state index contributed by atoms with van der Waals surface area (Å²) >= 11 is 0. The van der Waals surface area contributed by atoms with E-state index in [2.05, 4.69) is 0 Å². The van der Waals surface area contributed by atoms with Gasteiger partial charge in [-0.25, -0.2) is 0 Å². The molecule has 0 saturated heterocycles. The molecule has 0 aromatic rings. The van der Waals surface area contributed by atoms with Gasteiger partial charge in [-0.2, -0.15) is 0 Å². The molecule has 0 bridgehead atoms. The van der Waals surface area contributed by atoms with Crippen LogP contribution in [0.1, 0.15) is 0 Å². The van der Waals surface area contributed by atoms with Gasteiger partial charge in [-0.3, -0.25) is 4.57 Å². The van der Waals surface area contributed by atoms with Crippen molar-refractivity contribution in [2.75, 3.05) is 0 Å². The number of nitrogens with zero attached hydrogens (tertiary/aromatic N) is 1. The second-order valence-corrected chi connectivity index (χ2v) is 0.298. The molecule has 0 heterocycles. The second kappa shape index (κ2) is 39.3. The predicted octanol–water partition coefficient (Wildman–Crippen LogP) is -6.19. The van der Waals surface area contributed by atoms with Crippen LogP contribution in [-0.4, -0.2) is 0 Å². The van der Waals surface area contributed by atoms with Gasteiger partial charge in [0.2, 0.25) is 0 Å². The van der Waals surface area contributed by atoms with Gasteiger partial charge < -0.3 is 15.0 Å². The Kier molecular flexibility index (Phi) is 112. The van der Waals surface area contributed by atoms with Gasteiger partial charge in [0, 0.05) is 0 Å². The van der Waals surface area contributed by atoms with E-state index in [1.807, 2.05) is 0 Å². The molecule has 0 unspecified atom stereocenters. The summed E-state index contributed by atoms with van der Waals surface area (Å²) in [7, 11) is -1.08. The fourth-order valence-electron chi connectivity index (χ4n) is 0. The van der Waals surface area contributed by atoms with Gasteiger partial charge >= 0.3 is 59.1 Å². The molecule has 0 atom stereocenters. The minimum atomic E-state index is -1.08. The number of hydrogen-bond donors (Lipinski definition) is 0. The van der Waals surface area contributed by atoms with Crippen molar-refractivity contribution in [2.24, 2.45) is 5.34 Å². The fourth-order valence-corrected chi connectivity index (χ4v) is 0. The van der Waals surface area contributed by atoms with E-state index in [-0.39, 0.29) is 59.1 Å². The Morgan fingerprint density at radius 3 is 1.38 bits per heavy atom. The van der Waals surface area contributed by atoms with E-state index in [1.165, 1.54) is 0 Å². The van der Waals surface area contributed by atoms with Crippen LogP contribution in [0.2, 0.25) is 0 Å². The van der Waals surface area contributed by atoms with E-state index in [9.17, 15) is 0 Å². The van der Waals surface area contributed by atoms with E-state index in [0.29, 0.717) is 0 Å². The summed E-state index contributed by atoms with van der Waals surface area (Å²) in [6.07, 6.45) is 0. The van der Waals surface area contributed by atoms with Crippen LogP contribution in [-0.2, 0) is 4.57 Å². The topological polar surface area (TPSA) is 92.6 Å². The van der Waals surface area contributed by atoms with Gasteiger partial charge in [0.05, 0.1) is 8.69 Å². The first-order chi connectivity index (χ1) is 2.83. The van der Waals surface area contributed by atoms with Crippen LogP contribution >= 0.6 is 8.69 Å². The van der Waals surface area contributed by atoms with Gasteiger partial charge in [0.25, 0.3) is 0 Å². The zero-order valence-electron chi connectivity index (χ0n) is 4.53. The Labute approximate surface area is 91.7 Å². The summed E-state index contributed by atoms with van der Waals surface area (Å²) in [6, 6.07) is 0. The zero-order valence-corrected chi connectivity index (χ0v) is 9.42. The fraction of sp³-hybridized carbons (Fsp3) is 0. The third-order valence-corrected chi connectivity index (χ3v) is 0. The van der Waals surface area contributed by atoms with Crippen LogP contribution in [0.25, 0.3) is 0 Å². The van der Waals surface area contributed by atoms with Crippen molar-refractivity contribution in [1.82, 2.24) is 0 Å². The Morgan fingerprint density at radius 1 is 1.38 bits per heavy atom. The molecule has 0 fully saturated rings. The van der Waals surface area contributed by atoms with Crippen molar-refractivity contribution in [3.05, 3.63) is 10.1 Å². The van der Waals surface area contributed by atoms with Crippen LogP contribution in [0, 0.1) is 10.1 Å². The molecule has 0 radical (unpaired) electrons. The van der Waals surface area contributed by atoms with Crippen molar-refractivity contribution in [1.29, 1.82) is 0 Å². The average Bonchev–Trinajstić information content (AvgIpc) is 1.39. The summed E-state index contributed by atoms with van der Waals surface area (Å²) < 4.78 is 8.35. The third kappa shape index (κ3) is 146. The van der Waals surface area contributed by atoms with Crippen molar-refractivity contribution >= 4 is 8.69 Å². The summed E-state index contributed by atoms with van der Waals surface area (Å²) in [5.74, 6) is 0. The van der Waals surface area contributed by atoms with Crippen molar-refractivity contribution < 1.29 is 68.6 Å². The van der Waals surface area contributed by atoms with Gasteiger partial charge in [0.1, 0.15) is 0 Å². The third-order valence-electron chi connectivity index (χ3n) is 0. The Bertz CT molecular complexity index is 35.0. The molecule has 0 aliphatic rings. The molecule has 0 amide bonds. The maximum atomic E-state index is 8.35. The maximum absolute atomic E-state index is 8.35. The quantitative estimate of drug-likeness (QED) is 0.150. The monoisotopic (exact) mass is 155 g/mol. The van der Waals surface area contributed by atoms with Crippen LogP contribution in [0.5, 0.6) is 0 Å². The molecule has 0 aromatic carbocycles. The van der Waals surface area contributed by atoms with Crippen molar-refractivity contribution in [3.8, 4) is 0 Å². The molecule has 0 N–H and O–H groups in total. The van der Waals surface area contributed by atoms with Crippen LogP contribution < -0.4 is 64.0 Å². The summed E-state index contributed by atoms with van der Waals surface area (Å²) in [5, 5.41) is 9.00. The van der Waals surface area contributed by atoms with E-state index < -0.39 is 8.69 Å². The second-order valence-electron chi connectivity index (χ2n) is 0.149. The van der Waals surface area contributed by atoms with Gasteiger partial charge in [-0.15, -0.1) is 5.34 Å². The largest absolute Gasteiger partial charge is 1.00 e. The Morgan fingerprint density at radius 2 is 1.38 bits per heavy atom. The molecule has 36 valence electrons. The normalized spacial score (nSPS) is 4.12. The Hall–Kier alpha value is 1.46. The van der Waals surface area contributed by atoms with Gasteiger partial charge in [-0.05, 0) is 0 Å². The smallest absolute Gasteiger partial charge is 0.772 e. The molecule has 0 saturated carbocycles. The average molecular weight is 155 g/mol. The summed E-state index contributed by atoms with van der Waals surface area (Å²) in [5.41, 5.74) is 0. The molecule has 5 nitrogen and oxygen atoms in total. The molecule has 0 aromatic heterocycles. The Balaban J connectivity index is -0.0000000160. The SMILES string of the molecule is O=N[O-].O=P[O-].[Na+].[Na+]. The predicted molar refractivity (Wildman–Crippen MR) is 16.8 cm³/mol.